The second-order valence-corrected chi connectivity index (χ2v) is 9.69. The third-order valence-electron chi connectivity index (χ3n) is 7.69. The molecule has 3 fully saturated rings. The van der Waals surface area contributed by atoms with Crippen LogP contribution < -0.4 is 9.64 Å². The van der Waals surface area contributed by atoms with Crippen LogP contribution in [0.25, 0.3) is 0 Å². The summed E-state index contributed by atoms with van der Waals surface area (Å²) in [5, 5.41) is 9.99. The van der Waals surface area contributed by atoms with Crippen LogP contribution in [-0.2, 0) is 23.9 Å². The van der Waals surface area contributed by atoms with Crippen molar-refractivity contribution in [2.24, 2.45) is 11.8 Å². The molecule has 6 atom stereocenters. The van der Waals surface area contributed by atoms with Gasteiger partial charge < -0.3 is 29.1 Å². The van der Waals surface area contributed by atoms with Gasteiger partial charge in [0.15, 0.2) is 0 Å². The minimum atomic E-state index is -1.18. The van der Waals surface area contributed by atoms with Crippen molar-refractivity contribution >= 4 is 23.5 Å². The summed E-state index contributed by atoms with van der Waals surface area (Å²) in [7, 11) is 1.56. The van der Waals surface area contributed by atoms with Gasteiger partial charge in [-0.05, 0) is 57.9 Å². The second-order valence-electron chi connectivity index (χ2n) is 9.69. The summed E-state index contributed by atoms with van der Waals surface area (Å²) in [4.78, 5) is 44.1. The Hall–Kier alpha value is -2.91. The topological polar surface area (TPSA) is 106 Å². The molecule has 2 amide bonds. The number of ether oxygens (including phenoxy) is 3. The number of esters is 1. The quantitative estimate of drug-likeness (QED) is 0.420. The highest BCUT2D eigenvalue weighted by atomic mass is 16.6. The summed E-state index contributed by atoms with van der Waals surface area (Å²) in [6, 6.07) is 5.39. The minimum Gasteiger partial charge on any atom is -0.497 e. The van der Waals surface area contributed by atoms with Gasteiger partial charge in [-0.3, -0.25) is 14.4 Å². The molecule has 0 aliphatic carbocycles. The molecule has 3 aliphatic rings. The highest BCUT2D eigenvalue weighted by Gasteiger charge is 2.78. The van der Waals surface area contributed by atoms with Gasteiger partial charge in [0.05, 0.1) is 37.9 Å². The van der Waals surface area contributed by atoms with Crippen molar-refractivity contribution in [3.8, 4) is 5.75 Å². The van der Waals surface area contributed by atoms with Crippen LogP contribution in [0.1, 0.15) is 33.6 Å². The number of carbonyl (C=O) groups excluding carboxylic acids is 3. The summed E-state index contributed by atoms with van der Waals surface area (Å²) in [6.45, 7) is 9.09. The molecule has 3 aliphatic heterocycles. The lowest BCUT2D eigenvalue weighted by Gasteiger charge is -2.38. The lowest BCUT2D eigenvalue weighted by atomic mass is 9.66. The zero-order valence-electron chi connectivity index (χ0n) is 20.7. The number of hydrogen-bond donors (Lipinski definition) is 1. The first-order valence-electron chi connectivity index (χ1n) is 12.0. The van der Waals surface area contributed by atoms with E-state index in [-0.39, 0.29) is 31.6 Å². The maximum Gasteiger partial charge on any atom is 0.312 e. The fourth-order valence-corrected chi connectivity index (χ4v) is 6.16. The summed E-state index contributed by atoms with van der Waals surface area (Å²) in [5.74, 6) is -2.22. The number of carbonyl (C=O) groups is 3. The zero-order valence-corrected chi connectivity index (χ0v) is 20.7. The average Bonchev–Trinajstić information content (AvgIpc) is 3.42. The van der Waals surface area contributed by atoms with E-state index in [9.17, 15) is 19.5 Å². The lowest BCUT2D eigenvalue weighted by Crippen LogP contribution is -2.58. The Kier molecular flexibility index (Phi) is 6.68. The summed E-state index contributed by atoms with van der Waals surface area (Å²) >= 11 is 0. The Balaban J connectivity index is 1.80. The van der Waals surface area contributed by atoms with Crippen LogP contribution in [0.3, 0.4) is 0 Å². The number of aliphatic hydroxyl groups excluding tert-OH is 1. The fraction of sp³-hybridized carbons (Fsp3) is 0.577. The van der Waals surface area contributed by atoms with Gasteiger partial charge in [0.2, 0.25) is 5.91 Å². The Morgan fingerprint density at radius 1 is 1.34 bits per heavy atom. The molecule has 2 unspecified atom stereocenters. The third-order valence-corrected chi connectivity index (χ3v) is 7.69. The van der Waals surface area contributed by atoms with Crippen molar-refractivity contribution in [2.75, 3.05) is 31.8 Å². The molecule has 2 bridgehead atoms. The van der Waals surface area contributed by atoms with Gasteiger partial charge in [0.25, 0.3) is 5.91 Å². The van der Waals surface area contributed by atoms with Crippen LogP contribution in [0.2, 0.25) is 0 Å². The van der Waals surface area contributed by atoms with E-state index in [2.05, 4.69) is 6.58 Å². The SMILES string of the molecule is C=CCN(C(=O)C1N([C@H](C)CO)C(=O)[C@@H]2[C@@H](C(=O)OCC)[C@@]3(C)CCC12O3)c1ccc(OC)cc1. The predicted molar refractivity (Wildman–Crippen MR) is 128 cm³/mol. The molecule has 35 heavy (non-hydrogen) atoms. The van der Waals surface area contributed by atoms with Gasteiger partial charge in [-0.1, -0.05) is 6.08 Å². The van der Waals surface area contributed by atoms with E-state index in [0.717, 1.165) is 0 Å². The van der Waals surface area contributed by atoms with Gasteiger partial charge >= 0.3 is 5.97 Å². The van der Waals surface area contributed by atoms with E-state index in [1.54, 1.807) is 56.2 Å². The molecule has 9 heteroatoms. The third kappa shape index (κ3) is 3.72. The number of rotatable bonds is 9. The van der Waals surface area contributed by atoms with E-state index in [1.807, 2.05) is 6.92 Å². The summed E-state index contributed by atoms with van der Waals surface area (Å²) in [6.07, 6.45) is 2.59. The van der Waals surface area contributed by atoms with Crippen molar-refractivity contribution in [3.63, 3.8) is 0 Å². The molecular formula is C26H34N2O7. The molecule has 1 N–H and O–H groups in total. The van der Waals surface area contributed by atoms with E-state index in [4.69, 9.17) is 14.2 Å². The second kappa shape index (κ2) is 9.28. The van der Waals surface area contributed by atoms with Crippen LogP contribution in [-0.4, -0.2) is 77.9 Å². The number of aliphatic hydroxyl groups is 1. The largest absolute Gasteiger partial charge is 0.497 e. The van der Waals surface area contributed by atoms with E-state index >= 15 is 0 Å². The molecule has 1 spiro atoms. The minimum absolute atomic E-state index is 0.184. The fourth-order valence-electron chi connectivity index (χ4n) is 6.16. The maximum absolute atomic E-state index is 14.3. The zero-order chi connectivity index (χ0) is 25.5. The standard InChI is InChI=1S/C26H34N2O7/c1-6-14-27(17-8-10-18(33-5)11-9-17)23(31)21-26-13-12-25(4,35-26)20(24(32)34-7-2)19(26)22(30)28(21)16(3)15-29/h6,8-11,16,19-21,29H,1,7,12-15H2,2-5H3/t16-,19+,20+,21?,25-,26?/m1/s1. The van der Waals surface area contributed by atoms with Crippen molar-refractivity contribution in [1.29, 1.82) is 0 Å². The molecule has 1 aromatic rings. The first-order chi connectivity index (χ1) is 16.7. The van der Waals surface area contributed by atoms with Crippen LogP contribution in [0.15, 0.2) is 36.9 Å². The van der Waals surface area contributed by atoms with Gasteiger partial charge in [-0.25, -0.2) is 0 Å². The van der Waals surface area contributed by atoms with Gasteiger partial charge in [0, 0.05) is 12.2 Å². The van der Waals surface area contributed by atoms with Crippen molar-refractivity contribution in [1.82, 2.24) is 4.90 Å². The number of methoxy groups -OCH3 is 1. The molecule has 1 aromatic carbocycles. The number of benzene rings is 1. The first kappa shape index (κ1) is 25.2. The van der Waals surface area contributed by atoms with E-state index < -0.39 is 41.1 Å². The van der Waals surface area contributed by atoms with Crippen LogP contribution >= 0.6 is 0 Å². The van der Waals surface area contributed by atoms with Crippen molar-refractivity contribution < 1.29 is 33.7 Å². The van der Waals surface area contributed by atoms with E-state index in [1.165, 1.54) is 4.90 Å². The molecule has 3 saturated heterocycles. The van der Waals surface area contributed by atoms with Crippen molar-refractivity contribution in [3.05, 3.63) is 36.9 Å². The smallest absolute Gasteiger partial charge is 0.312 e. The highest BCUT2D eigenvalue weighted by Crippen LogP contribution is 2.63. The number of hydrogen-bond acceptors (Lipinski definition) is 7. The molecule has 0 radical (unpaired) electrons. The Bertz CT molecular complexity index is 1010. The monoisotopic (exact) mass is 486 g/mol. The normalized spacial score (nSPS) is 31.7. The highest BCUT2D eigenvalue weighted by molar-refractivity contribution is 6.05. The number of amides is 2. The Morgan fingerprint density at radius 2 is 2.03 bits per heavy atom. The number of anilines is 1. The molecule has 4 rings (SSSR count). The molecule has 9 nitrogen and oxygen atoms in total. The van der Waals surface area contributed by atoms with E-state index in [0.29, 0.717) is 24.3 Å². The number of likely N-dealkylation sites (tertiary alicyclic amines) is 1. The lowest BCUT2D eigenvalue weighted by molar-refractivity contribution is -0.160. The van der Waals surface area contributed by atoms with Gasteiger partial charge in [-0.15, -0.1) is 6.58 Å². The van der Waals surface area contributed by atoms with Gasteiger partial charge in [-0.2, -0.15) is 0 Å². The van der Waals surface area contributed by atoms with Gasteiger partial charge in [0.1, 0.15) is 23.3 Å². The number of nitrogens with zero attached hydrogens (tertiary/aromatic N) is 2. The Morgan fingerprint density at radius 3 is 2.60 bits per heavy atom. The van der Waals surface area contributed by atoms with Crippen LogP contribution in [0.5, 0.6) is 5.75 Å². The average molecular weight is 487 g/mol. The van der Waals surface area contributed by atoms with Crippen molar-refractivity contribution in [2.45, 2.75) is 56.9 Å². The molecule has 0 saturated carbocycles. The molecule has 3 heterocycles. The molecule has 190 valence electrons. The molecule has 0 aromatic heterocycles. The maximum atomic E-state index is 14.3. The van der Waals surface area contributed by atoms with Crippen LogP contribution in [0, 0.1) is 11.8 Å². The first-order valence-corrected chi connectivity index (χ1v) is 12.0. The predicted octanol–water partition coefficient (Wildman–Crippen LogP) is 1.92. The molecular weight excluding hydrogens is 452 g/mol. The van der Waals surface area contributed by atoms with Crippen LogP contribution in [0.4, 0.5) is 5.69 Å². The summed E-state index contributed by atoms with van der Waals surface area (Å²) < 4.78 is 17.1. The summed E-state index contributed by atoms with van der Waals surface area (Å²) in [5.41, 5.74) is -1.47. The Labute approximate surface area is 205 Å². The number of fused-ring (bicyclic) bond motifs is 1.